The van der Waals surface area contributed by atoms with Gasteiger partial charge in [0.05, 0.1) is 0 Å². The van der Waals surface area contributed by atoms with Gasteiger partial charge in [-0.2, -0.15) is 4.98 Å². The summed E-state index contributed by atoms with van der Waals surface area (Å²) in [6, 6.07) is 3.86. The lowest BCUT2D eigenvalue weighted by Gasteiger charge is -2.18. The molecule has 1 saturated heterocycles. The topological polar surface area (TPSA) is 63.8 Å². The van der Waals surface area contributed by atoms with Gasteiger partial charge in [0.25, 0.3) is 5.89 Å². The molecule has 1 aliphatic heterocycles. The van der Waals surface area contributed by atoms with Gasteiger partial charge in [0.2, 0.25) is 0 Å². The number of nitrogens with one attached hydrogen (secondary N) is 1. The lowest BCUT2D eigenvalue weighted by atomic mass is 9.98. The molecule has 0 saturated carbocycles. The number of hydrogen-bond acceptors (Lipinski definition) is 5. The van der Waals surface area contributed by atoms with Crippen LogP contribution in [-0.2, 0) is 0 Å². The van der Waals surface area contributed by atoms with Crippen LogP contribution in [0.2, 0.25) is 0 Å². The van der Waals surface area contributed by atoms with Crippen LogP contribution >= 0.6 is 0 Å². The Balaban J connectivity index is 1.69. The van der Waals surface area contributed by atoms with Gasteiger partial charge in [-0.3, -0.25) is 4.98 Å². The van der Waals surface area contributed by atoms with Crippen molar-refractivity contribution in [3.63, 3.8) is 0 Å². The first-order valence-electron chi connectivity index (χ1n) is 6.54. The van der Waals surface area contributed by atoms with Crippen molar-refractivity contribution in [1.29, 1.82) is 0 Å². The highest BCUT2D eigenvalue weighted by atomic mass is 16.5. The van der Waals surface area contributed by atoms with Crippen LogP contribution < -0.4 is 5.32 Å². The summed E-state index contributed by atoms with van der Waals surface area (Å²) in [7, 11) is 0. The Morgan fingerprint density at radius 2 is 1.95 bits per heavy atom. The maximum atomic E-state index is 5.26. The second kappa shape index (κ2) is 5.75. The molecule has 0 radical (unpaired) electrons. The highest BCUT2D eigenvalue weighted by Gasteiger charge is 2.19. The summed E-state index contributed by atoms with van der Waals surface area (Å²) in [5, 5.41) is 7.41. The standard InChI is InChI=1S/C14H16N4O/c1(11-3-7-15-8-4-11)2-13-17-14(18-19-13)12-5-9-16-10-6-12/h1-4,7-8,12,16H,5-6,9-10H2/b2-1+. The first kappa shape index (κ1) is 12.0. The van der Waals surface area contributed by atoms with Crippen molar-refractivity contribution < 1.29 is 4.52 Å². The molecule has 0 atom stereocenters. The molecule has 1 N–H and O–H groups in total. The molecule has 2 aromatic heterocycles. The molecule has 3 rings (SSSR count). The first-order valence-corrected chi connectivity index (χ1v) is 6.54. The molecule has 3 heterocycles. The Morgan fingerprint density at radius 3 is 2.74 bits per heavy atom. The molecule has 98 valence electrons. The van der Waals surface area contributed by atoms with Crippen molar-refractivity contribution in [2.75, 3.05) is 13.1 Å². The van der Waals surface area contributed by atoms with Crippen LogP contribution in [0.5, 0.6) is 0 Å². The number of nitrogens with zero attached hydrogens (tertiary/aromatic N) is 3. The van der Waals surface area contributed by atoms with Crippen molar-refractivity contribution in [2.45, 2.75) is 18.8 Å². The van der Waals surface area contributed by atoms with Gasteiger partial charge in [-0.1, -0.05) is 5.16 Å². The van der Waals surface area contributed by atoms with Crippen LogP contribution in [0.4, 0.5) is 0 Å². The number of rotatable bonds is 3. The summed E-state index contributed by atoms with van der Waals surface area (Å²) in [5.41, 5.74) is 1.07. The molecule has 0 aliphatic carbocycles. The fourth-order valence-corrected chi connectivity index (χ4v) is 2.20. The molecule has 1 fully saturated rings. The Bertz CT molecular complexity index is 544. The van der Waals surface area contributed by atoms with Crippen molar-refractivity contribution in [1.82, 2.24) is 20.4 Å². The van der Waals surface area contributed by atoms with Crippen molar-refractivity contribution in [2.24, 2.45) is 0 Å². The van der Waals surface area contributed by atoms with Crippen LogP contribution in [-0.4, -0.2) is 28.2 Å². The van der Waals surface area contributed by atoms with Crippen LogP contribution in [0.3, 0.4) is 0 Å². The average Bonchev–Trinajstić information content (AvgIpc) is 2.96. The zero-order chi connectivity index (χ0) is 12.9. The molecule has 5 nitrogen and oxygen atoms in total. The Hall–Kier alpha value is -2.01. The summed E-state index contributed by atoms with van der Waals surface area (Å²) in [6.45, 7) is 2.06. The van der Waals surface area contributed by atoms with Gasteiger partial charge in [-0.25, -0.2) is 0 Å². The van der Waals surface area contributed by atoms with E-state index in [1.165, 1.54) is 0 Å². The largest absolute Gasteiger partial charge is 0.335 e. The summed E-state index contributed by atoms with van der Waals surface area (Å²) >= 11 is 0. The summed E-state index contributed by atoms with van der Waals surface area (Å²) < 4.78 is 5.26. The first-order chi connectivity index (χ1) is 9.42. The number of pyridine rings is 1. The van der Waals surface area contributed by atoms with E-state index in [0.29, 0.717) is 11.8 Å². The van der Waals surface area contributed by atoms with Gasteiger partial charge in [0.1, 0.15) is 0 Å². The Kier molecular flexibility index (Phi) is 3.65. The van der Waals surface area contributed by atoms with Gasteiger partial charge >= 0.3 is 0 Å². The average molecular weight is 256 g/mol. The van der Waals surface area contributed by atoms with E-state index in [1.54, 1.807) is 12.4 Å². The summed E-state index contributed by atoms with van der Waals surface area (Å²) in [6.07, 6.45) is 9.45. The summed E-state index contributed by atoms with van der Waals surface area (Å²) in [5.74, 6) is 1.81. The van der Waals surface area contributed by atoms with E-state index in [0.717, 1.165) is 37.3 Å². The predicted molar refractivity (Wildman–Crippen MR) is 72.3 cm³/mol. The fraction of sp³-hybridized carbons (Fsp3) is 0.357. The molecule has 0 amide bonds. The third-order valence-corrected chi connectivity index (χ3v) is 3.29. The van der Waals surface area contributed by atoms with E-state index in [1.807, 2.05) is 24.3 Å². The number of hydrogen-bond donors (Lipinski definition) is 1. The third kappa shape index (κ3) is 3.06. The lowest BCUT2D eigenvalue weighted by Crippen LogP contribution is -2.27. The fourth-order valence-electron chi connectivity index (χ4n) is 2.20. The minimum absolute atomic E-state index is 0.424. The summed E-state index contributed by atoms with van der Waals surface area (Å²) in [4.78, 5) is 8.42. The highest BCUT2D eigenvalue weighted by Crippen LogP contribution is 2.22. The Morgan fingerprint density at radius 1 is 1.16 bits per heavy atom. The minimum Gasteiger partial charge on any atom is -0.335 e. The number of aromatic nitrogens is 3. The van der Waals surface area contributed by atoms with Gasteiger partial charge < -0.3 is 9.84 Å². The molecule has 19 heavy (non-hydrogen) atoms. The quantitative estimate of drug-likeness (QED) is 0.911. The van der Waals surface area contributed by atoms with Crippen LogP contribution in [0, 0.1) is 0 Å². The number of piperidine rings is 1. The SMILES string of the molecule is C(=C\c1nc(C2CCNCC2)no1)/c1ccncc1. The predicted octanol–water partition coefficient (Wildman–Crippen LogP) is 2.10. The van der Waals surface area contributed by atoms with E-state index >= 15 is 0 Å². The maximum Gasteiger partial charge on any atom is 0.250 e. The second-order valence-corrected chi connectivity index (χ2v) is 4.63. The Labute approximate surface area is 111 Å². The monoisotopic (exact) mass is 256 g/mol. The zero-order valence-corrected chi connectivity index (χ0v) is 10.6. The molecule has 0 unspecified atom stereocenters. The molecule has 5 heteroatoms. The third-order valence-electron chi connectivity index (χ3n) is 3.29. The van der Waals surface area contributed by atoms with E-state index in [9.17, 15) is 0 Å². The molecule has 1 aliphatic rings. The van der Waals surface area contributed by atoms with Crippen molar-refractivity contribution in [3.05, 3.63) is 41.8 Å². The van der Waals surface area contributed by atoms with Crippen LogP contribution in [0.15, 0.2) is 29.0 Å². The maximum absolute atomic E-state index is 5.26. The van der Waals surface area contributed by atoms with Gasteiger partial charge in [0, 0.05) is 24.4 Å². The zero-order valence-electron chi connectivity index (χ0n) is 10.6. The molecule has 2 aromatic rings. The van der Waals surface area contributed by atoms with Crippen LogP contribution in [0.1, 0.15) is 36.0 Å². The smallest absolute Gasteiger partial charge is 0.250 e. The molecular formula is C14H16N4O. The van der Waals surface area contributed by atoms with Gasteiger partial charge in [-0.15, -0.1) is 0 Å². The normalized spacial score (nSPS) is 17.1. The van der Waals surface area contributed by atoms with Gasteiger partial charge in [-0.05, 0) is 49.7 Å². The van der Waals surface area contributed by atoms with E-state index < -0.39 is 0 Å². The molecule has 0 spiro atoms. The molecule has 0 bridgehead atoms. The van der Waals surface area contributed by atoms with E-state index in [4.69, 9.17) is 4.52 Å². The van der Waals surface area contributed by atoms with Gasteiger partial charge in [0.15, 0.2) is 5.82 Å². The molecular weight excluding hydrogens is 240 g/mol. The highest BCUT2D eigenvalue weighted by molar-refractivity contribution is 5.65. The minimum atomic E-state index is 0.424. The van der Waals surface area contributed by atoms with E-state index in [-0.39, 0.29) is 0 Å². The van der Waals surface area contributed by atoms with Crippen LogP contribution in [0.25, 0.3) is 12.2 Å². The van der Waals surface area contributed by atoms with Crippen molar-refractivity contribution >= 4 is 12.2 Å². The van der Waals surface area contributed by atoms with E-state index in [2.05, 4.69) is 20.4 Å². The van der Waals surface area contributed by atoms with Crippen molar-refractivity contribution in [3.8, 4) is 0 Å². The molecule has 0 aromatic carbocycles. The lowest BCUT2D eigenvalue weighted by molar-refractivity contribution is 0.381. The second-order valence-electron chi connectivity index (χ2n) is 4.63.